The minimum absolute atomic E-state index is 0.0597. The Morgan fingerprint density at radius 1 is 1.20 bits per heavy atom. The van der Waals surface area contributed by atoms with E-state index >= 15 is 0 Å². The van der Waals surface area contributed by atoms with Gasteiger partial charge in [0, 0.05) is 18.7 Å². The van der Waals surface area contributed by atoms with Gasteiger partial charge in [0.25, 0.3) is 5.91 Å². The fraction of sp³-hybridized carbons (Fsp3) is 0.421. The van der Waals surface area contributed by atoms with E-state index in [1.807, 2.05) is 29.2 Å². The highest BCUT2D eigenvalue weighted by atomic mass is 16.4. The van der Waals surface area contributed by atoms with E-state index in [0.717, 1.165) is 24.8 Å². The predicted molar refractivity (Wildman–Crippen MR) is 93.9 cm³/mol. The Bertz CT molecular complexity index is 772. The second kappa shape index (κ2) is 7.09. The molecule has 2 heterocycles. The number of carboxylic acid groups (broad SMARTS) is 1. The van der Waals surface area contributed by atoms with Crippen molar-refractivity contribution in [1.82, 2.24) is 14.7 Å². The highest BCUT2D eigenvalue weighted by Crippen LogP contribution is 2.25. The first kappa shape index (κ1) is 17.2. The summed E-state index contributed by atoms with van der Waals surface area (Å²) in [5.74, 6) is -0.892. The van der Waals surface area contributed by atoms with E-state index in [1.54, 1.807) is 11.6 Å². The number of carbonyl (C=O) groups is 2. The van der Waals surface area contributed by atoms with Gasteiger partial charge in [-0.25, -0.2) is 4.79 Å². The van der Waals surface area contributed by atoms with E-state index in [-0.39, 0.29) is 17.5 Å². The predicted octanol–water partition coefficient (Wildman–Crippen LogP) is 2.93. The number of aromatic nitrogens is 2. The molecule has 6 nitrogen and oxygen atoms in total. The minimum Gasteiger partial charge on any atom is -0.478 e. The van der Waals surface area contributed by atoms with Crippen molar-refractivity contribution in [3.8, 4) is 0 Å². The van der Waals surface area contributed by atoms with Gasteiger partial charge in [-0.1, -0.05) is 19.1 Å². The number of amides is 1. The zero-order valence-electron chi connectivity index (χ0n) is 14.6. The van der Waals surface area contributed by atoms with Gasteiger partial charge < -0.3 is 10.0 Å². The highest BCUT2D eigenvalue weighted by Gasteiger charge is 2.27. The minimum atomic E-state index is -0.952. The highest BCUT2D eigenvalue weighted by molar-refractivity contribution is 5.94. The van der Waals surface area contributed by atoms with Crippen molar-refractivity contribution < 1.29 is 14.7 Å². The molecule has 0 atom stereocenters. The number of rotatable bonds is 4. The van der Waals surface area contributed by atoms with Crippen LogP contribution in [0.2, 0.25) is 0 Å². The summed E-state index contributed by atoms with van der Waals surface area (Å²) in [5.41, 5.74) is 2.86. The lowest BCUT2D eigenvalue weighted by atomic mass is 10.0. The average Bonchev–Trinajstić information content (AvgIpc) is 3.03. The van der Waals surface area contributed by atoms with Crippen LogP contribution in [-0.4, -0.2) is 44.8 Å². The van der Waals surface area contributed by atoms with Gasteiger partial charge in [-0.05, 0) is 43.9 Å². The Kier molecular flexibility index (Phi) is 4.88. The van der Waals surface area contributed by atoms with Gasteiger partial charge in [0.1, 0.15) is 5.56 Å². The Hall–Kier alpha value is -2.63. The molecule has 0 unspecified atom stereocenters. The molecule has 1 aliphatic rings. The van der Waals surface area contributed by atoms with Gasteiger partial charge in [-0.3, -0.25) is 9.48 Å². The fourth-order valence-electron chi connectivity index (χ4n) is 3.38. The molecule has 3 rings (SSSR count). The fourth-order valence-corrected chi connectivity index (χ4v) is 3.38. The summed E-state index contributed by atoms with van der Waals surface area (Å²) in [7, 11) is 0. The third kappa shape index (κ3) is 3.43. The number of carboxylic acids is 1. The number of aryl methyl sites for hydroxylation is 1. The molecule has 0 saturated carbocycles. The Balaban J connectivity index is 1.65. The molecule has 1 saturated heterocycles. The number of likely N-dealkylation sites (tertiary alicyclic amines) is 1. The summed E-state index contributed by atoms with van der Waals surface area (Å²) >= 11 is 0. The van der Waals surface area contributed by atoms with E-state index < -0.39 is 5.97 Å². The third-order valence-corrected chi connectivity index (χ3v) is 4.98. The molecule has 0 radical (unpaired) electrons. The summed E-state index contributed by atoms with van der Waals surface area (Å²) in [6, 6.07) is 7.93. The molecular weight excluding hydrogens is 318 g/mol. The largest absolute Gasteiger partial charge is 0.478 e. The molecule has 25 heavy (non-hydrogen) atoms. The van der Waals surface area contributed by atoms with Gasteiger partial charge in [-0.15, -0.1) is 0 Å². The van der Waals surface area contributed by atoms with Crippen LogP contribution >= 0.6 is 0 Å². The summed E-state index contributed by atoms with van der Waals surface area (Å²) in [6.07, 6.45) is 3.92. The van der Waals surface area contributed by atoms with Crippen molar-refractivity contribution >= 4 is 11.9 Å². The molecule has 1 aromatic heterocycles. The average molecular weight is 341 g/mol. The van der Waals surface area contributed by atoms with Gasteiger partial charge in [-0.2, -0.15) is 5.10 Å². The normalized spacial score (nSPS) is 15.4. The quantitative estimate of drug-likeness (QED) is 0.928. The first-order valence-electron chi connectivity index (χ1n) is 8.67. The smallest absolute Gasteiger partial charge is 0.339 e. The number of piperidine rings is 1. The molecule has 2 aromatic rings. The third-order valence-electron chi connectivity index (χ3n) is 4.98. The van der Waals surface area contributed by atoms with Crippen molar-refractivity contribution in [2.75, 3.05) is 13.1 Å². The maximum absolute atomic E-state index is 12.6. The number of benzene rings is 1. The van der Waals surface area contributed by atoms with Gasteiger partial charge >= 0.3 is 5.97 Å². The van der Waals surface area contributed by atoms with Crippen LogP contribution in [0.5, 0.6) is 0 Å². The topological polar surface area (TPSA) is 75.4 Å². The number of hydrogen-bond donors (Lipinski definition) is 1. The molecule has 1 aliphatic heterocycles. The van der Waals surface area contributed by atoms with Crippen LogP contribution < -0.4 is 0 Å². The molecule has 1 fully saturated rings. The second-order valence-electron chi connectivity index (χ2n) is 6.47. The van der Waals surface area contributed by atoms with Crippen LogP contribution in [0.15, 0.2) is 30.5 Å². The van der Waals surface area contributed by atoms with E-state index in [1.165, 1.54) is 11.8 Å². The van der Waals surface area contributed by atoms with Crippen molar-refractivity contribution in [2.24, 2.45) is 0 Å². The van der Waals surface area contributed by atoms with Gasteiger partial charge in [0.2, 0.25) is 0 Å². The lowest BCUT2D eigenvalue weighted by molar-refractivity contribution is 0.0688. The monoisotopic (exact) mass is 341 g/mol. The van der Waals surface area contributed by atoms with Crippen LogP contribution in [0.25, 0.3) is 0 Å². The molecule has 1 N–H and O–H groups in total. The molecule has 132 valence electrons. The first-order chi connectivity index (χ1) is 12.0. The van der Waals surface area contributed by atoms with Crippen molar-refractivity contribution in [1.29, 1.82) is 0 Å². The van der Waals surface area contributed by atoms with Gasteiger partial charge in [0.05, 0.1) is 17.9 Å². The van der Waals surface area contributed by atoms with Crippen molar-refractivity contribution in [3.05, 3.63) is 52.8 Å². The van der Waals surface area contributed by atoms with Crippen LogP contribution in [0.3, 0.4) is 0 Å². The Morgan fingerprint density at radius 3 is 2.36 bits per heavy atom. The standard InChI is InChI=1S/C19H23N3O3/c1-3-14-4-6-15(7-5-14)18(23)21-10-8-16(9-11-21)22-13(2)17(12-20-22)19(24)25/h4-7,12,16H,3,8-11H2,1-2H3,(H,24,25). The van der Waals surface area contributed by atoms with E-state index in [4.69, 9.17) is 5.11 Å². The number of hydrogen-bond acceptors (Lipinski definition) is 3. The lowest BCUT2D eigenvalue weighted by Crippen LogP contribution is -2.39. The zero-order chi connectivity index (χ0) is 18.0. The van der Waals surface area contributed by atoms with Crippen molar-refractivity contribution in [2.45, 2.75) is 39.2 Å². The van der Waals surface area contributed by atoms with E-state index in [0.29, 0.717) is 18.8 Å². The maximum atomic E-state index is 12.6. The molecule has 1 amide bonds. The lowest BCUT2D eigenvalue weighted by Gasteiger charge is -2.32. The summed E-state index contributed by atoms with van der Waals surface area (Å²) in [5, 5.41) is 13.4. The molecule has 1 aromatic carbocycles. The maximum Gasteiger partial charge on any atom is 0.339 e. The SMILES string of the molecule is CCc1ccc(C(=O)N2CCC(n3ncc(C(=O)O)c3C)CC2)cc1. The zero-order valence-corrected chi connectivity index (χ0v) is 14.6. The molecule has 0 aliphatic carbocycles. The second-order valence-corrected chi connectivity index (χ2v) is 6.47. The first-order valence-corrected chi connectivity index (χ1v) is 8.67. The molecule has 0 spiro atoms. The van der Waals surface area contributed by atoms with Gasteiger partial charge in [0.15, 0.2) is 0 Å². The van der Waals surface area contributed by atoms with Crippen molar-refractivity contribution in [3.63, 3.8) is 0 Å². The summed E-state index contributed by atoms with van der Waals surface area (Å²) in [4.78, 5) is 25.7. The molecular formula is C19H23N3O3. The molecule has 6 heteroatoms. The van der Waals surface area contributed by atoms with Crippen LogP contribution in [-0.2, 0) is 6.42 Å². The van der Waals surface area contributed by atoms with Crippen LogP contribution in [0, 0.1) is 6.92 Å². The molecule has 0 bridgehead atoms. The van der Waals surface area contributed by atoms with Crippen LogP contribution in [0.4, 0.5) is 0 Å². The number of carbonyl (C=O) groups excluding carboxylic acids is 1. The number of aromatic carboxylic acids is 1. The number of nitrogens with zero attached hydrogens (tertiary/aromatic N) is 3. The Morgan fingerprint density at radius 2 is 1.84 bits per heavy atom. The summed E-state index contributed by atoms with van der Waals surface area (Å²) < 4.78 is 1.79. The van der Waals surface area contributed by atoms with Crippen LogP contribution in [0.1, 0.15) is 57.8 Å². The Labute approximate surface area is 147 Å². The summed E-state index contributed by atoms with van der Waals surface area (Å²) in [6.45, 7) is 5.18. The van der Waals surface area contributed by atoms with E-state index in [2.05, 4.69) is 12.0 Å². The van der Waals surface area contributed by atoms with E-state index in [9.17, 15) is 9.59 Å².